The number of aliphatic carboxylic acids is 1. The maximum atomic E-state index is 11.7. The zero-order valence-corrected chi connectivity index (χ0v) is 24.2. The fourth-order valence-corrected chi connectivity index (χ4v) is 4.11. The number of carbonyl (C=O) groups is 2. The number of unbranched alkanes of at least 4 members (excludes halogenated alkanes) is 2. The molecule has 0 atom stereocenters. The molecular weight excluding hydrogens is 538 g/mol. The Morgan fingerprint density at radius 1 is 1.02 bits per heavy atom. The summed E-state index contributed by atoms with van der Waals surface area (Å²) in [5.74, 6) is 0.317. The second kappa shape index (κ2) is 14.2. The maximum Gasteiger partial charge on any atom is 0.407 e. The maximum absolute atomic E-state index is 11.7. The van der Waals surface area contributed by atoms with Gasteiger partial charge in [0.15, 0.2) is 11.2 Å². The lowest BCUT2D eigenvalue weighted by atomic mass is 10.1. The number of ether oxygens (including phenoxy) is 2. The SMILES string of the molecule is CC(C)(C)OC(=O)NCCCOc1cccc(Nc2ncc3nnn(-c4ccc(CCCCCC(=O)O)cc4)c3n2)c1. The van der Waals surface area contributed by atoms with Gasteiger partial charge in [0, 0.05) is 24.7 Å². The molecule has 0 unspecified atom stereocenters. The third-order valence-electron chi connectivity index (χ3n) is 6.08. The monoisotopic (exact) mass is 575 g/mol. The molecule has 12 heteroatoms. The summed E-state index contributed by atoms with van der Waals surface area (Å²) in [7, 11) is 0. The van der Waals surface area contributed by atoms with Crippen LogP contribution >= 0.6 is 0 Å². The van der Waals surface area contributed by atoms with Crippen LogP contribution in [0, 0.1) is 0 Å². The van der Waals surface area contributed by atoms with E-state index in [1.54, 1.807) is 10.9 Å². The molecule has 0 saturated carbocycles. The second-order valence-corrected chi connectivity index (χ2v) is 10.8. The molecule has 2 heterocycles. The first-order valence-electron chi connectivity index (χ1n) is 14.0. The highest BCUT2D eigenvalue weighted by Gasteiger charge is 2.15. The van der Waals surface area contributed by atoms with Gasteiger partial charge in [-0.05, 0) is 76.3 Å². The summed E-state index contributed by atoms with van der Waals surface area (Å²) in [6, 6.07) is 15.5. The van der Waals surface area contributed by atoms with Gasteiger partial charge in [0.1, 0.15) is 11.4 Å². The third-order valence-corrected chi connectivity index (χ3v) is 6.08. The second-order valence-electron chi connectivity index (χ2n) is 10.8. The van der Waals surface area contributed by atoms with Gasteiger partial charge in [-0.15, -0.1) is 5.10 Å². The molecule has 0 saturated heterocycles. The summed E-state index contributed by atoms with van der Waals surface area (Å²) < 4.78 is 12.7. The zero-order chi connectivity index (χ0) is 30.0. The topological polar surface area (TPSA) is 153 Å². The quantitative estimate of drug-likeness (QED) is 0.166. The van der Waals surface area contributed by atoms with Crippen LogP contribution in [0.3, 0.4) is 0 Å². The summed E-state index contributed by atoms with van der Waals surface area (Å²) in [5, 5.41) is 23.2. The summed E-state index contributed by atoms with van der Waals surface area (Å²) in [6.45, 7) is 6.34. The molecule has 0 aliphatic rings. The summed E-state index contributed by atoms with van der Waals surface area (Å²) in [6.07, 6.45) is 5.43. The van der Waals surface area contributed by atoms with Crippen LogP contribution in [0.15, 0.2) is 54.7 Å². The highest BCUT2D eigenvalue weighted by Crippen LogP contribution is 2.22. The predicted molar refractivity (Wildman–Crippen MR) is 158 cm³/mol. The highest BCUT2D eigenvalue weighted by atomic mass is 16.6. The number of benzene rings is 2. The van der Waals surface area contributed by atoms with Crippen molar-refractivity contribution >= 4 is 34.9 Å². The van der Waals surface area contributed by atoms with Gasteiger partial charge in [0.2, 0.25) is 5.95 Å². The van der Waals surface area contributed by atoms with Crippen LogP contribution in [-0.4, -0.2) is 60.9 Å². The molecule has 4 aromatic rings. The van der Waals surface area contributed by atoms with E-state index in [-0.39, 0.29) is 6.42 Å². The van der Waals surface area contributed by atoms with Gasteiger partial charge >= 0.3 is 12.1 Å². The van der Waals surface area contributed by atoms with Gasteiger partial charge in [0.25, 0.3) is 0 Å². The van der Waals surface area contributed by atoms with E-state index in [9.17, 15) is 9.59 Å². The molecule has 3 N–H and O–H groups in total. The van der Waals surface area contributed by atoms with Crippen molar-refractivity contribution in [3.63, 3.8) is 0 Å². The highest BCUT2D eigenvalue weighted by molar-refractivity contribution is 5.73. The number of rotatable bonds is 14. The molecule has 0 aliphatic heterocycles. The lowest BCUT2D eigenvalue weighted by molar-refractivity contribution is -0.137. The Hall–Kier alpha value is -4.74. The van der Waals surface area contributed by atoms with E-state index in [0.717, 1.165) is 30.6 Å². The first-order valence-corrected chi connectivity index (χ1v) is 14.0. The van der Waals surface area contributed by atoms with Crippen molar-refractivity contribution in [2.75, 3.05) is 18.5 Å². The number of alkyl carbamates (subject to hydrolysis) is 1. The Morgan fingerprint density at radius 2 is 1.83 bits per heavy atom. The van der Waals surface area contributed by atoms with Crippen molar-refractivity contribution in [3.8, 4) is 11.4 Å². The Kier molecular flexibility index (Phi) is 10.2. The van der Waals surface area contributed by atoms with Crippen LogP contribution in [0.25, 0.3) is 16.9 Å². The van der Waals surface area contributed by atoms with Crippen molar-refractivity contribution in [1.29, 1.82) is 0 Å². The van der Waals surface area contributed by atoms with E-state index in [0.29, 0.717) is 48.9 Å². The lowest BCUT2D eigenvalue weighted by Gasteiger charge is -2.19. The molecule has 0 spiro atoms. The normalized spacial score (nSPS) is 11.3. The minimum absolute atomic E-state index is 0.215. The minimum atomic E-state index is -0.748. The van der Waals surface area contributed by atoms with Gasteiger partial charge in [-0.1, -0.05) is 29.8 Å². The molecule has 0 aliphatic carbocycles. The van der Waals surface area contributed by atoms with Gasteiger partial charge in [-0.3, -0.25) is 4.79 Å². The summed E-state index contributed by atoms with van der Waals surface area (Å²) >= 11 is 0. The number of aryl methyl sites for hydroxylation is 1. The number of carboxylic acids is 1. The zero-order valence-electron chi connectivity index (χ0n) is 24.2. The largest absolute Gasteiger partial charge is 0.493 e. The Morgan fingerprint density at radius 3 is 2.60 bits per heavy atom. The molecule has 0 radical (unpaired) electrons. The molecule has 2 aromatic heterocycles. The summed E-state index contributed by atoms with van der Waals surface area (Å²) in [5.41, 5.74) is 3.37. The number of carboxylic acid groups (broad SMARTS) is 1. The molecule has 0 fully saturated rings. The Bertz CT molecular complexity index is 1480. The molecule has 0 bridgehead atoms. The number of aromatic nitrogens is 5. The van der Waals surface area contributed by atoms with Crippen molar-refractivity contribution in [2.45, 2.75) is 64.9 Å². The molecule has 12 nitrogen and oxygen atoms in total. The van der Waals surface area contributed by atoms with Gasteiger partial charge in [-0.2, -0.15) is 9.67 Å². The van der Waals surface area contributed by atoms with Gasteiger partial charge < -0.3 is 25.2 Å². The van der Waals surface area contributed by atoms with E-state index in [1.807, 2.05) is 69.3 Å². The van der Waals surface area contributed by atoms with E-state index in [4.69, 9.17) is 14.6 Å². The molecule has 1 amide bonds. The number of fused-ring (bicyclic) bond motifs is 1. The van der Waals surface area contributed by atoms with E-state index >= 15 is 0 Å². The molecular formula is C30H37N7O5. The molecule has 4 rings (SSSR count). The van der Waals surface area contributed by atoms with Crippen molar-refractivity contribution in [2.24, 2.45) is 0 Å². The van der Waals surface area contributed by atoms with Crippen LogP contribution in [0.4, 0.5) is 16.4 Å². The number of carbonyl (C=O) groups excluding carboxylic acids is 1. The van der Waals surface area contributed by atoms with Crippen LogP contribution < -0.4 is 15.4 Å². The average Bonchev–Trinajstić information content (AvgIpc) is 3.35. The predicted octanol–water partition coefficient (Wildman–Crippen LogP) is 5.44. The minimum Gasteiger partial charge on any atom is -0.493 e. The van der Waals surface area contributed by atoms with Crippen molar-refractivity contribution in [3.05, 3.63) is 60.3 Å². The number of nitrogens with one attached hydrogen (secondary N) is 2. The van der Waals surface area contributed by atoms with Gasteiger partial charge in [-0.25, -0.2) is 9.78 Å². The Labute approximate surface area is 244 Å². The number of nitrogens with zero attached hydrogens (tertiary/aromatic N) is 5. The Balaban J connectivity index is 1.31. The number of anilines is 2. The first kappa shape index (κ1) is 30.2. The molecule has 222 valence electrons. The van der Waals surface area contributed by atoms with Crippen LogP contribution in [0.2, 0.25) is 0 Å². The number of hydrogen-bond acceptors (Lipinski definition) is 9. The van der Waals surface area contributed by atoms with E-state index < -0.39 is 17.7 Å². The fraction of sp³-hybridized carbons (Fsp3) is 0.400. The van der Waals surface area contributed by atoms with Gasteiger partial charge in [0.05, 0.1) is 18.5 Å². The van der Waals surface area contributed by atoms with Crippen molar-refractivity contribution in [1.82, 2.24) is 30.3 Å². The smallest absolute Gasteiger partial charge is 0.407 e. The van der Waals surface area contributed by atoms with Crippen LogP contribution in [0.1, 0.15) is 58.4 Å². The third kappa shape index (κ3) is 9.43. The first-order chi connectivity index (χ1) is 20.2. The average molecular weight is 576 g/mol. The summed E-state index contributed by atoms with van der Waals surface area (Å²) in [4.78, 5) is 31.4. The molecule has 42 heavy (non-hydrogen) atoms. The van der Waals surface area contributed by atoms with Crippen molar-refractivity contribution < 1.29 is 24.2 Å². The standard InChI is InChI=1S/C30H37N7O5/c1-30(2,3)42-29(40)31-17-8-18-41-24-11-7-10-22(19-24)33-28-32-20-25-27(34-28)37(36-35-25)23-15-13-21(14-16-23)9-5-4-6-12-26(38)39/h7,10-11,13-16,19-20H,4-6,8-9,12,17-18H2,1-3H3,(H,31,40)(H,38,39)(H,32,33,34). The number of amides is 1. The molecule has 2 aromatic carbocycles. The van der Waals surface area contributed by atoms with E-state index in [1.165, 1.54) is 5.56 Å². The van der Waals surface area contributed by atoms with E-state index in [2.05, 4.69) is 30.9 Å². The lowest BCUT2D eigenvalue weighted by Crippen LogP contribution is -2.33. The fourth-order valence-electron chi connectivity index (χ4n) is 4.11. The van der Waals surface area contributed by atoms with Crippen LogP contribution in [-0.2, 0) is 16.0 Å². The van der Waals surface area contributed by atoms with Crippen LogP contribution in [0.5, 0.6) is 5.75 Å². The number of hydrogen-bond donors (Lipinski definition) is 3.